The van der Waals surface area contributed by atoms with Crippen LogP contribution in [0, 0.1) is 12.8 Å². The minimum Gasteiger partial charge on any atom is -0.352 e. The van der Waals surface area contributed by atoms with Crippen LogP contribution in [0.4, 0.5) is 5.95 Å². The maximum absolute atomic E-state index is 12.4. The van der Waals surface area contributed by atoms with Gasteiger partial charge >= 0.3 is 0 Å². The molecule has 1 fully saturated rings. The van der Waals surface area contributed by atoms with Crippen LogP contribution >= 0.6 is 0 Å². The van der Waals surface area contributed by atoms with Gasteiger partial charge in [-0.15, -0.1) is 0 Å². The highest BCUT2D eigenvalue weighted by atomic mass is 16.1. The van der Waals surface area contributed by atoms with E-state index in [0.29, 0.717) is 6.54 Å². The van der Waals surface area contributed by atoms with E-state index in [0.717, 1.165) is 55.3 Å². The summed E-state index contributed by atoms with van der Waals surface area (Å²) in [5.41, 5.74) is 3.09. The number of pyridine rings is 1. The first kappa shape index (κ1) is 17.3. The Morgan fingerprint density at radius 2 is 2.12 bits per heavy atom. The lowest BCUT2D eigenvalue weighted by Gasteiger charge is -2.31. The molecule has 2 aromatic heterocycles. The number of piperidine rings is 1. The molecule has 132 valence electrons. The summed E-state index contributed by atoms with van der Waals surface area (Å²) in [6, 6.07) is 5.88. The molecule has 1 saturated heterocycles. The van der Waals surface area contributed by atoms with E-state index in [1.165, 1.54) is 0 Å². The van der Waals surface area contributed by atoms with Crippen molar-refractivity contribution in [2.24, 2.45) is 5.92 Å². The highest BCUT2D eigenvalue weighted by Gasteiger charge is 2.26. The monoisotopic (exact) mass is 339 g/mol. The Morgan fingerprint density at radius 3 is 2.80 bits per heavy atom. The number of aryl methyl sites for hydroxylation is 2. The molecule has 0 aliphatic carbocycles. The van der Waals surface area contributed by atoms with E-state index in [4.69, 9.17) is 0 Å². The molecule has 1 aliphatic rings. The van der Waals surface area contributed by atoms with Gasteiger partial charge in [0, 0.05) is 49.3 Å². The molecule has 25 heavy (non-hydrogen) atoms. The van der Waals surface area contributed by atoms with Crippen LogP contribution in [0.15, 0.2) is 30.6 Å². The number of carbonyl (C=O) groups excluding carboxylic acids is 1. The first-order chi connectivity index (χ1) is 12.2. The summed E-state index contributed by atoms with van der Waals surface area (Å²) in [6.45, 7) is 6.27. The molecule has 0 saturated carbocycles. The van der Waals surface area contributed by atoms with Gasteiger partial charge in [0.1, 0.15) is 0 Å². The van der Waals surface area contributed by atoms with Crippen molar-refractivity contribution >= 4 is 11.9 Å². The molecule has 2 aromatic rings. The number of hydrogen-bond donors (Lipinski definition) is 1. The van der Waals surface area contributed by atoms with Crippen molar-refractivity contribution in [3.05, 3.63) is 47.5 Å². The quantitative estimate of drug-likeness (QED) is 0.905. The summed E-state index contributed by atoms with van der Waals surface area (Å²) < 4.78 is 0. The summed E-state index contributed by atoms with van der Waals surface area (Å²) in [5, 5.41) is 3.02. The molecule has 3 heterocycles. The molecule has 1 N–H and O–H groups in total. The van der Waals surface area contributed by atoms with Crippen LogP contribution < -0.4 is 10.2 Å². The van der Waals surface area contributed by atoms with Gasteiger partial charge in [-0.25, -0.2) is 9.97 Å². The molecule has 1 amide bonds. The van der Waals surface area contributed by atoms with Gasteiger partial charge in [-0.1, -0.05) is 13.0 Å². The summed E-state index contributed by atoms with van der Waals surface area (Å²) in [6.07, 6.45) is 6.08. The van der Waals surface area contributed by atoms with Crippen LogP contribution in [-0.4, -0.2) is 33.9 Å². The molecular formula is C19H25N5O. The van der Waals surface area contributed by atoms with Crippen molar-refractivity contribution in [1.82, 2.24) is 20.3 Å². The van der Waals surface area contributed by atoms with Gasteiger partial charge < -0.3 is 10.2 Å². The second-order valence-electron chi connectivity index (χ2n) is 6.49. The van der Waals surface area contributed by atoms with E-state index in [9.17, 15) is 4.79 Å². The fraction of sp³-hybridized carbons (Fsp3) is 0.474. The molecule has 0 aromatic carbocycles. The highest BCUT2D eigenvalue weighted by Crippen LogP contribution is 2.21. The largest absolute Gasteiger partial charge is 0.352 e. The Balaban J connectivity index is 1.53. The third kappa shape index (κ3) is 4.53. The van der Waals surface area contributed by atoms with E-state index < -0.39 is 0 Å². The van der Waals surface area contributed by atoms with E-state index in [1.807, 2.05) is 25.1 Å². The molecule has 3 rings (SSSR count). The van der Waals surface area contributed by atoms with Crippen LogP contribution in [0.2, 0.25) is 0 Å². The lowest BCUT2D eigenvalue weighted by atomic mass is 9.96. The SMILES string of the molecule is CCc1cc(C)nc(N2CCC(C(=O)NCc3cccnc3)CC2)n1. The predicted octanol–water partition coefficient (Wildman–Crippen LogP) is 2.28. The molecule has 6 heteroatoms. The summed E-state index contributed by atoms with van der Waals surface area (Å²) in [4.78, 5) is 27.8. The Kier molecular flexibility index (Phi) is 5.58. The Labute approximate surface area is 148 Å². The van der Waals surface area contributed by atoms with E-state index in [1.54, 1.807) is 12.4 Å². The van der Waals surface area contributed by atoms with Gasteiger partial charge in [-0.3, -0.25) is 9.78 Å². The van der Waals surface area contributed by atoms with Gasteiger partial charge in [0.15, 0.2) is 0 Å². The molecular weight excluding hydrogens is 314 g/mol. The highest BCUT2D eigenvalue weighted by molar-refractivity contribution is 5.78. The van der Waals surface area contributed by atoms with Crippen molar-refractivity contribution in [3.8, 4) is 0 Å². The minimum atomic E-state index is 0.0587. The van der Waals surface area contributed by atoms with Crippen LogP contribution in [-0.2, 0) is 17.8 Å². The second-order valence-corrected chi connectivity index (χ2v) is 6.49. The van der Waals surface area contributed by atoms with Gasteiger partial charge in [0.05, 0.1) is 0 Å². The fourth-order valence-corrected chi connectivity index (χ4v) is 3.12. The van der Waals surface area contributed by atoms with Gasteiger partial charge in [-0.2, -0.15) is 0 Å². The van der Waals surface area contributed by atoms with Crippen molar-refractivity contribution < 1.29 is 4.79 Å². The summed E-state index contributed by atoms with van der Waals surface area (Å²) in [7, 11) is 0. The van der Waals surface area contributed by atoms with E-state index in [-0.39, 0.29) is 11.8 Å². The topological polar surface area (TPSA) is 71.0 Å². The number of aromatic nitrogens is 3. The predicted molar refractivity (Wildman–Crippen MR) is 97.2 cm³/mol. The first-order valence-corrected chi connectivity index (χ1v) is 8.92. The van der Waals surface area contributed by atoms with Crippen molar-refractivity contribution in [1.29, 1.82) is 0 Å². The van der Waals surface area contributed by atoms with Crippen LogP contribution in [0.1, 0.15) is 36.7 Å². The number of rotatable bonds is 5. The maximum atomic E-state index is 12.4. The molecule has 1 aliphatic heterocycles. The van der Waals surface area contributed by atoms with Crippen LogP contribution in [0.25, 0.3) is 0 Å². The third-order valence-electron chi connectivity index (χ3n) is 4.60. The molecule has 0 unspecified atom stereocenters. The third-order valence-corrected chi connectivity index (χ3v) is 4.60. The molecule has 0 atom stereocenters. The Bertz CT molecular complexity index is 711. The zero-order valence-corrected chi connectivity index (χ0v) is 14.9. The van der Waals surface area contributed by atoms with Crippen LogP contribution in [0.3, 0.4) is 0 Å². The summed E-state index contributed by atoms with van der Waals surface area (Å²) >= 11 is 0. The smallest absolute Gasteiger partial charge is 0.225 e. The molecule has 0 spiro atoms. The van der Waals surface area contributed by atoms with Gasteiger partial charge in [-0.05, 0) is 43.9 Å². The molecule has 6 nitrogen and oxygen atoms in total. The zero-order valence-electron chi connectivity index (χ0n) is 14.9. The maximum Gasteiger partial charge on any atom is 0.225 e. The van der Waals surface area contributed by atoms with E-state index >= 15 is 0 Å². The molecule has 0 bridgehead atoms. The van der Waals surface area contributed by atoms with Crippen molar-refractivity contribution in [2.75, 3.05) is 18.0 Å². The lowest BCUT2D eigenvalue weighted by molar-refractivity contribution is -0.125. The standard InChI is InChI=1S/C19H25N5O/c1-3-17-11-14(2)22-19(23-17)24-9-6-16(7-10-24)18(25)21-13-15-5-4-8-20-12-15/h4-5,8,11-12,16H,3,6-7,9-10,13H2,1-2H3,(H,21,25). The number of anilines is 1. The van der Waals surface area contributed by atoms with Gasteiger partial charge in [0.2, 0.25) is 11.9 Å². The number of hydrogen-bond acceptors (Lipinski definition) is 5. The minimum absolute atomic E-state index is 0.0587. The average molecular weight is 339 g/mol. The normalized spacial score (nSPS) is 15.2. The van der Waals surface area contributed by atoms with Crippen LogP contribution in [0.5, 0.6) is 0 Å². The van der Waals surface area contributed by atoms with Gasteiger partial charge in [0.25, 0.3) is 0 Å². The first-order valence-electron chi connectivity index (χ1n) is 8.92. The Hall–Kier alpha value is -2.50. The van der Waals surface area contributed by atoms with Crippen molar-refractivity contribution in [3.63, 3.8) is 0 Å². The number of nitrogens with zero attached hydrogens (tertiary/aromatic N) is 4. The fourth-order valence-electron chi connectivity index (χ4n) is 3.12. The second kappa shape index (κ2) is 8.05. The number of carbonyl (C=O) groups is 1. The molecule has 0 radical (unpaired) electrons. The summed E-state index contributed by atoms with van der Waals surface area (Å²) in [5.74, 6) is 0.984. The Morgan fingerprint density at radius 1 is 1.32 bits per heavy atom. The zero-order chi connectivity index (χ0) is 17.6. The average Bonchev–Trinajstić information content (AvgIpc) is 2.66. The lowest BCUT2D eigenvalue weighted by Crippen LogP contribution is -2.41. The van der Waals surface area contributed by atoms with Crippen molar-refractivity contribution in [2.45, 2.75) is 39.7 Å². The van der Waals surface area contributed by atoms with E-state index in [2.05, 4.69) is 32.1 Å². The number of nitrogens with one attached hydrogen (secondary N) is 1. The number of amides is 1.